The highest BCUT2D eigenvalue weighted by atomic mass is 16.5. The van der Waals surface area contributed by atoms with Gasteiger partial charge in [0.05, 0.1) is 20.6 Å². The number of urea groups is 1. The van der Waals surface area contributed by atoms with Gasteiger partial charge >= 0.3 is 12.0 Å². The van der Waals surface area contributed by atoms with Crippen molar-refractivity contribution < 1.29 is 19.1 Å². The van der Waals surface area contributed by atoms with Crippen LogP contribution in [0.3, 0.4) is 0 Å². The number of amides is 2. The summed E-state index contributed by atoms with van der Waals surface area (Å²) in [5.74, 6) is 0.480. The van der Waals surface area contributed by atoms with Gasteiger partial charge in [0.25, 0.3) is 0 Å². The molecule has 0 saturated heterocycles. The number of ether oxygens (including phenoxy) is 2. The highest BCUT2D eigenvalue weighted by Gasteiger charge is 2.14. The second-order valence-corrected chi connectivity index (χ2v) is 4.88. The zero-order chi connectivity index (χ0) is 16.4. The van der Waals surface area contributed by atoms with Gasteiger partial charge in [-0.3, -0.25) is 4.79 Å². The van der Waals surface area contributed by atoms with E-state index in [0.29, 0.717) is 13.0 Å². The van der Waals surface area contributed by atoms with Crippen molar-refractivity contribution in [2.45, 2.75) is 32.2 Å². The van der Waals surface area contributed by atoms with Crippen molar-refractivity contribution in [3.05, 3.63) is 29.8 Å². The van der Waals surface area contributed by atoms with Crippen molar-refractivity contribution >= 4 is 12.0 Å². The topological polar surface area (TPSA) is 76.7 Å². The summed E-state index contributed by atoms with van der Waals surface area (Å²) in [5.41, 5.74) is 1.11. The molecule has 0 radical (unpaired) electrons. The minimum Gasteiger partial charge on any atom is -0.497 e. The number of carbonyl (C=O) groups is 2. The van der Waals surface area contributed by atoms with Crippen LogP contribution in [0.5, 0.6) is 5.75 Å². The quantitative estimate of drug-likeness (QED) is 0.719. The van der Waals surface area contributed by atoms with E-state index < -0.39 is 0 Å². The number of rotatable bonds is 8. The molecule has 0 aliphatic carbocycles. The van der Waals surface area contributed by atoms with Crippen LogP contribution in [0.15, 0.2) is 24.3 Å². The van der Waals surface area contributed by atoms with Crippen molar-refractivity contribution in [3.63, 3.8) is 0 Å². The van der Waals surface area contributed by atoms with E-state index in [2.05, 4.69) is 15.4 Å². The molecule has 6 nitrogen and oxygen atoms in total. The van der Waals surface area contributed by atoms with E-state index >= 15 is 0 Å². The molecule has 1 aromatic rings. The molecule has 1 atom stereocenters. The molecule has 2 amide bonds. The zero-order valence-corrected chi connectivity index (χ0v) is 13.3. The number of benzene rings is 1. The lowest BCUT2D eigenvalue weighted by Crippen LogP contribution is -2.43. The Morgan fingerprint density at radius 1 is 1.18 bits per heavy atom. The number of hydrogen-bond donors (Lipinski definition) is 2. The molecule has 0 fully saturated rings. The van der Waals surface area contributed by atoms with Gasteiger partial charge in [-0.2, -0.15) is 0 Å². The molecule has 0 saturated carbocycles. The lowest BCUT2D eigenvalue weighted by atomic mass is 10.1. The van der Waals surface area contributed by atoms with Crippen LogP contribution in [0.4, 0.5) is 4.79 Å². The highest BCUT2D eigenvalue weighted by Crippen LogP contribution is 2.11. The monoisotopic (exact) mass is 308 g/mol. The fourth-order valence-corrected chi connectivity index (χ4v) is 1.93. The van der Waals surface area contributed by atoms with Crippen LogP contribution >= 0.6 is 0 Å². The van der Waals surface area contributed by atoms with Crippen molar-refractivity contribution in [1.29, 1.82) is 0 Å². The average Bonchev–Trinajstić information content (AvgIpc) is 2.54. The lowest BCUT2D eigenvalue weighted by Gasteiger charge is -2.16. The van der Waals surface area contributed by atoms with E-state index in [-0.39, 0.29) is 24.5 Å². The van der Waals surface area contributed by atoms with Crippen LogP contribution in [0, 0.1) is 0 Å². The normalized spacial score (nSPS) is 11.4. The van der Waals surface area contributed by atoms with E-state index in [1.807, 2.05) is 31.2 Å². The summed E-state index contributed by atoms with van der Waals surface area (Å²) in [4.78, 5) is 23.0. The van der Waals surface area contributed by atoms with Crippen LogP contribution in [0.2, 0.25) is 0 Å². The smallest absolute Gasteiger partial charge is 0.315 e. The second-order valence-electron chi connectivity index (χ2n) is 4.88. The molecule has 0 aliphatic heterocycles. The number of nitrogens with one attached hydrogen (secondary N) is 2. The summed E-state index contributed by atoms with van der Waals surface area (Å²) in [6.45, 7) is 2.43. The van der Waals surface area contributed by atoms with Crippen LogP contribution in [-0.4, -0.2) is 38.8 Å². The zero-order valence-electron chi connectivity index (χ0n) is 13.3. The van der Waals surface area contributed by atoms with E-state index in [4.69, 9.17) is 4.74 Å². The molecule has 0 spiro atoms. The Morgan fingerprint density at radius 3 is 2.41 bits per heavy atom. The molecular weight excluding hydrogens is 284 g/mol. The maximum Gasteiger partial charge on any atom is 0.315 e. The van der Waals surface area contributed by atoms with Gasteiger partial charge in [0.1, 0.15) is 5.75 Å². The van der Waals surface area contributed by atoms with Crippen molar-refractivity contribution in [3.8, 4) is 5.75 Å². The Balaban J connectivity index is 2.30. The second kappa shape index (κ2) is 9.65. The summed E-state index contributed by atoms with van der Waals surface area (Å²) in [7, 11) is 2.96. The van der Waals surface area contributed by atoms with Crippen LogP contribution in [0.1, 0.15) is 25.3 Å². The lowest BCUT2D eigenvalue weighted by molar-refractivity contribution is -0.141. The first-order valence-electron chi connectivity index (χ1n) is 7.33. The third kappa shape index (κ3) is 6.47. The third-order valence-electron chi connectivity index (χ3n) is 3.33. The van der Waals surface area contributed by atoms with Crippen molar-refractivity contribution in [2.75, 3.05) is 20.8 Å². The van der Waals surface area contributed by atoms with E-state index in [1.54, 1.807) is 7.11 Å². The first kappa shape index (κ1) is 17.8. The number of methoxy groups -OCH3 is 2. The summed E-state index contributed by atoms with van der Waals surface area (Å²) < 4.78 is 9.69. The van der Waals surface area contributed by atoms with Gasteiger partial charge < -0.3 is 20.1 Å². The van der Waals surface area contributed by atoms with Crippen molar-refractivity contribution in [1.82, 2.24) is 10.6 Å². The number of esters is 1. The van der Waals surface area contributed by atoms with Gasteiger partial charge in [0.2, 0.25) is 0 Å². The van der Waals surface area contributed by atoms with Crippen LogP contribution in [0.25, 0.3) is 0 Å². The SMILES string of the molecule is CCC(CC(=O)OC)NC(=O)NCCc1ccc(OC)cc1. The summed E-state index contributed by atoms with van der Waals surface area (Å²) in [5, 5.41) is 5.55. The Labute approximate surface area is 131 Å². The van der Waals surface area contributed by atoms with Gasteiger partial charge in [-0.1, -0.05) is 19.1 Å². The van der Waals surface area contributed by atoms with Gasteiger partial charge in [0, 0.05) is 12.6 Å². The van der Waals surface area contributed by atoms with Gasteiger partial charge in [-0.05, 0) is 30.5 Å². The molecule has 22 heavy (non-hydrogen) atoms. The standard InChI is InChI=1S/C16H24N2O4/c1-4-13(11-15(19)22-3)18-16(20)17-10-9-12-5-7-14(21-2)8-6-12/h5-8,13H,4,9-11H2,1-3H3,(H2,17,18,20). The minimum absolute atomic E-state index is 0.179. The molecule has 1 unspecified atom stereocenters. The van der Waals surface area contributed by atoms with Crippen molar-refractivity contribution in [2.24, 2.45) is 0 Å². The Kier molecular flexibility index (Phi) is 7.81. The summed E-state index contributed by atoms with van der Waals surface area (Å²) >= 11 is 0. The fourth-order valence-electron chi connectivity index (χ4n) is 1.93. The van der Waals surface area contributed by atoms with Gasteiger partial charge in [-0.15, -0.1) is 0 Å². The molecular formula is C16H24N2O4. The number of carbonyl (C=O) groups excluding carboxylic acids is 2. The molecule has 2 N–H and O–H groups in total. The first-order chi connectivity index (χ1) is 10.6. The number of hydrogen-bond acceptors (Lipinski definition) is 4. The molecule has 122 valence electrons. The molecule has 0 aliphatic rings. The maximum atomic E-state index is 11.8. The molecule has 6 heteroatoms. The third-order valence-corrected chi connectivity index (χ3v) is 3.33. The highest BCUT2D eigenvalue weighted by molar-refractivity contribution is 5.76. The fraction of sp³-hybridized carbons (Fsp3) is 0.500. The summed E-state index contributed by atoms with van der Waals surface area (Å²) in [6.07, 6.45) is 1.57. The molecule has 1 aromatic carbocycles. The predicted octanol–water partition coefficient (Wildman–Crippen LogP) is 1.88. The largest absolute Gasteiger partial charge is 0.497 e. The van der Waals surface area contributed by atoms with E-state index in [9.17, 15) is 9.59 Å². The minimum atomic E-state index is -0.328. The van der Waals surface area contributed by atoms with E-state index in [0.717, 1.165) is 17.7 Å². The molecule has 0 heterocycles. The predicted molar refractivity (Wildman–Crippen MR) is 83.9 cm³/mol. The van der Waals surface area contributed by atoms with E-state index in [1.165, 1.54) is 7.11 Å². The Bertz CT molecular complexity index is 474. The molecule has 0 bridgehead atoms. The molecule has 0 aromatic heterocycles. The van der Waals surface area contributed by atoms with Gasteiger partial charge in [-0.25, -0.2) is 4.79 Å². The van der Waals surface area contributed by atoms with Crippen LogP contribution < -0.4 is 15.4 Å². The Hall–Kier alpha value is -2.24. The summed E-state index contributed by atoms with van der Waals surface area (Å²) in [6, 6.07) is 7.21. The van der Waals surface area contributed by atoms with Crippen LogP contribution in [-0.2, 0) is 16.0 Å². The average molecular weight is 308 g/mol. The molecule has 1 rings (SSSR count). The maximum absolute atomic E-state index is 11.8. The Morgan fingerprint density at radius 2 is 1.86 bits per heavy atom. The van der Waals surface area contributed by atoms with Gasteiger partial charge in [0.15, 0.2) is 0 Å². The first-order valence-corrected chi connectivity index (χ1v) is 7.33.